The Morgan fingerprint density at radius 3 is 2.81 bits per heavy atom. The van der Waals surface area contributed by atoms with Gasteiger partial charge in [0, 0.05) is 10.6 Å². The van der Waals surface area contributed by atoms with Crippen molar-refractivity contribution in [3.05, 3.63) is 58.1 Å². The largest absolute Gasteiger partial charge is 0.497 e. The number of halogens is 2. The minimum atomic E-state index is -0.279. The molecule has 0 atom stereocenters. The summed E-state index contributed by atoms with van der Waals surface area (Å²) in [6.07, 6.45) is 0. The highest BCUT2D eigenvalue weighted by molar-refractivity contribution is 7.99. The van der Waals surface area contributed by atoms with E-state index >= 15 is 0 Å². The Labute approximate surface area is 192 Å². The molecule has 1 aromatic heterocycles. The van der Waals surface area contributed by atoms with Gasteiger partial charge in [-0.2, -0.15) is 5.10 Å². The van der Waals surface area contributed by atoms with Crippen molar-refractivity contribution in [1.82, 2.24) is 14.9 Å². The van der Waals surface area contributed by atoms with E-state index in [1.165, 1.54) is 4.68 Å². The zero-order valence-corrected chi connectivity index (χ0v) is 18.9. The molecule has 0 aliphatic rings. The third kappa shape index (κ3) is 6.03. The van der Waals surface area contributed by atoms with Gasteiger partial charge >= 0.3 is 0 Å². The topological polar surface area (TPSA) is 119 Å². The molecule has 1 heterocycles. The SMILES string of the molecule is COc1cccc(/C(C)=N/Nc2nnc(SCC(=O)Nc3ccc(Cl)cc3Cl)n2N)c1. The van der Waals surface area contributed by atoms with Gasteiger partial charge in [-0.25, -0.2) is 10.1 Å². The normalized spacial score (nSPS) is 11.3. The van der Waals surface area contributed by atoms with Gasteiger partial charge in [0.1, 0.15) is 5.75 Å². The number of thioether (sulfide) groups is 1. The number of nitrogens with two attached hydrogens (primary N) is 1. The molecule has 1 amide bonds. The van der Waals surface area contributed by atoms with Crippen molar-refractivity contribution >= 4 is 58.2 Å². The molecule has 0 aliphatic carbocycles. The molecule has 0 fully saturated rings. The first-order chi connectivity index (χ1) is 14.9. The molecule has 162 valence electrons. The van der Waals surface area contributed by atoms with Gasteiger partial charge in [-0.1, -0.05) is 47.1 Å². The number of carbonyl (C=O) groups is 1. The van der Waals surface area contributed by atoms with Crippen LogP contribution in [0.2, 0.25) is 10.0 Å². The van der Waals surface area contributed by atoms with Crippen LogP contribution in [0.1, 0.15) is 12.5 Å². The lowest BCUT2D eigenvalue weighted by Gasteiger charge is -2.07. The summed E-state index contributed by atoms with van der Waals surface area (Å²) in [5.41, 5.74) is 4.83. The number of carbonyl (C=O) groups excluding carboxylic acids is 1. The van der Waals surface area contributed by atoms with Crippen LogP contribution in [0.3, 0.4) is 0 Å². The Bertz CT molecular complexity index is 1120. The molecular formula is C19H19Cl2N7O2S. The van der Waals surface area contributed by atoms with E-state index in [1.54, 1.807) is 25.3 Å². The summed E-state index contributed by atoms with van der Waals surface area (Å²) in [4.78, 5) is 12.2. The number of hydrogen-bond acceptors (Lipinski definition) is 8. The summed E-state index contributed by atoms with van der Waals surface area (Å²) in [6.45, 7) is 1.83. The average molecular weight is 480 g/mol. The lowest BCUT2D eigenvalue weighted by molar-refractivity contribution is -0.113. The molecule has 0 saturated heterocycles. The maximum absolute atomic E-state index is 12.2. The summed E-state index contributed by atoms with van der Waals surface area (Å²) in [5, 5.41) is 16.1. The predicted molar refractivity (Wildman–Crippen MR) is 125 cm³/mol. The lowest BCUT2D eigenvalue weighted by Crippen LogP contribution is -2.17. The number of amides is 1. The highest BCUT2D eigenvalue weighted by Crippen LogP contribution is 2.26. The van der Waals surface area contributed by atoms with Crippen LogP contribution < -0.4 is 21.3 Å². The fourth-order valence-corrected chi connectivity index (χ4v) is 3.52. The molecule has 3 rings (SSSR count). The van der Waals surface area contributed by atoms with Crippen LogP contribution in [0.4, 0.5) is 11.6 Å². The first kappa shape index (κ1) is 22.7. The summed E-state index contributed by atoms with van der Waals surface area (Å²) >= 11 is 13.0. The van der Waals surface area contributed by atoms with Crippen LogP contribution in [-0.2, 0) is 4.79 Å². The first-order valence-electron chi connectivity index (χ1n) is 8.90. The molecule has 0 spiro atoms. The number of hydrazone groups is 1. The number of methoxy groups -OCH3 is 1. The predicted octanol–water partition coefficient (Wildman–Crippen LogP) is 3.87. The molecule has 0 bridgehead atoms. The molecule has 9 nitrogen and oxygen atoms in total. The Kier molecular flexibility index (Phi) is 7.61. The van der Waals surface area contributed by atoms with E-state index in [0.717, 1.165) is 23.1 Å². The second kappa shape index (κ2) is 10.4. The molecule has 4 N–H and O–H groups in total. The second-order valence-corrected chi connectivity index (χ2v) is 7.96. The van der Waals surface area contributed by atoms with Gasteiger partial charge < -0.3 is 15.9 Å². The van der Waals surface area contributed by atoms with E-state index in [1.807, 2.05) is 31.2 Å². The van der Waals surface area contributed by atoms with Crippen molar-refractivity contribution in [3.63, 3.8) is 0 Å². The van der Waals surface area contributed by atoms with E-state index in [0.29, 0.717) is 26.6 Å². The summed E-state index contributed by atoms with van der Waals surface area (Å²) in [5.74, 6) is 6.74. The summed E-state index contributed by atoms with van der Waals surface area (Å²) in [7, 11) is 1.60. The van der Waals surface area contributed by atoms with Gasteiger partial charge in [0.25, 0.3) is 5.95 Å². The Balaban J connectivity index is 1.58. The molecule has 0 radical (unpaired) electrons. The molecule has 12 heteroatoms. The van der Waals surface area contributed by atoms with Crippen LogP contribution in [-0.4, -0.2) is 39.4 Å². The number of benzene rings is 2. The zero-order valence-electron chi connectivity index (χ0n) is 16.6. The fraction of sp³-hybridized carbons (Fsp3) is 0.158. The minimum absolute atomic E-state index is 0.0559. The van der Waals surface area contributed by atoms with E-state index in [2.05, 4.69) is 26.0 Å². The zero-order chi connectivity index (χ0) is 22.4. The number of nitrogens with one attached hydrogen (secondary N) is 2. The molecule has 0 unspecified atom stereocenters. The van der Waals surface area contributed by atoms with E-state index in [4.69, 9.17) is 33.8 Å². The van der Waals surface area contributed by atoms with Crippen LogP contribution in [0, 0.1) is 0 Å². The monoisotopic (exact) mass is 479 g/mol. The van der Waals surface area contributed by atoms with Crippen LogP contribution in [0.5, 0.6) is 5.75 Å². The molecule has 0 aliphatic heterocycles. The number of aromatic nitrogens is 3. The van der Waals surface area contributed by atoms with Crippen molar-refractivity contribution in [2.45, 2.75) is 12.1 Å². The van der Waals surface area contributed by atoms with Crippen molar-refractivity contribution < 1.29 is 9.53 Å². The Hall–Kier alpha value is -2.95. The van der Waals surface area contributed by atoms with Crippen molar-refractivity contribution in [3.8, 4) is 5.75 Å². The number of nitrogens with zero attached hydrogens (tertiary/aromatic N) is 4. The van der Waals surface area contributed by atoms with Gasteiger partial charge in [0.2, 0.25) is 11.1 Å². The van der Waals surface area contributed by atoms with E-state index in [-0.39, 0.29) is 17.6 Å². The Morgan fingerprint density at radius 1 is 1.26 bits per heavy atom. The number of hydrogen-bond donors (Lipinski definition) is 3. The average Bonchev–Trinajstić information content (AvgIpc) is 3.12. The minimum Gasteiger partial charge on any atom is -0.497 e. The van der Waals surface area contributed by atoms with Crippen LogP contribution in [0.25, 0.3) is 0 Å². The molecule has 2 aromatic carbocycles. The smallest absolute Gasteiger partial charge is 0.264 e. The molecule has 3 aromatic rings. The van der Waals surface area contributed by atoms with Crippen molar-refractivity contribution in [2.75, 3.05) is 29.4 Å². The van der Waals surface area contributed by atoms with Gasteiger partial charge in [-0.15, -0.1) is 10.2 Å². The number of ether oxygens (including phenoxy) is 1. The van der Waals surface area contributed by atoms with Crippen LogP contribution >= 0.6 is 35.0 Å². The van der Waals surface area contributed by atoms with Crippen LogP contribution in [0.15, 0.2) is 52.7 Å². The second-order valence-electron chi connectivity index (χ2n) is 6.18. The number of anilines is 2. The third-order valence-corrected chi connectivity index (χ3v) is 5.50. The van der Waals surface area contributed by atoms with Gasteiger partial charge in [-0.05, 0) is 37.3 Å². The highest BCUT2D eigenvalue weighted by Gasteiger charge is 2.13. The molecule has 0 saturated carbocycles. The van der Waals surface area contributed by atoms with Gasteiger partial charge in [0.15, 0.2) is 0 Å². The number of nitrogen functional groups attached to an aromatic ring is 1. The molecule has 31 heavy (non-hydrogen) atoms. The maximum atomic E-state index is 12.2. The highest BCUT2D eigenvalue weighted by atomic mass is 35.5. The fourth-order valence-electron chi connectivity index (χ4n) is 2.41. The van der Waals surface area contributed by atoms with Gasteiger partial charge in [-0.3, -0.25) is 4.79 Å². The maximum Gasteiger partial charge on any atom is 0.264 e. The van der Waals surface area contributed by atoms with Gasteiger partial charge in [0.05, 0.1) is 29.3 Å². The quantitative estimate of drug-likeness (QED) is 0.194. The van der Waals surface area contributed by atoms with E-state index < -0.39 is 0 Å². The van der Waals surface area contributed by atoms with Crippen molar-refractivity contribution in [2.24, 2.45) is 5.10 Å². The standard InChI is InChI=1S/C19H19Cl2N7O2S/c1-11(12-4-3-5-14(8-12)30-2)24-25-18-26-27-19(28(18)22)31-10-17(29)23-16-7-6-13(20)9-15(16)21/h3-9H,10,22H2,1-2H3,(H,23,29)(H,25,26)/b24-11+. The van der Waals surface area contributed by atoms with E-state index in [9.17, 15) is 4.79 Å². The third-order valence-electron chi connectivity index (χ3n) is 4.01. The summed E-state index contributed by atoms with van der Waals surface area (Å²) in [6, 6.07) is 12.3. The Morgan fingerprint density at radius 2 is 2.06 bits per heavy atom. The number of rotatable bonds is 8. The van der Waals surface area contributed by atoms with Crippen molar-refractivity contribution in [1.29, 1.82) is 0 Å². The summed E-state index contributed by atoms with van der Waals surface area (Å²) < 4.78 is 6.43. The lowest BCUT2D eigenvalue weighted by atomic mass is 10.1. The first-order valence-corrected chi connectivity index (χ1v) is 10.6. The molecular weight excluding hydrogens is 461 g/mol.